The van der Waals surface area contributed by atoms with Gasteiger partial charge < -0.3 is 20.3 Å². The van der Waals surface area contributed by atoms with E-state index >= 15 is 0 Å². The third-order valence-electron chi connectivity index (χ3n) is 7.33. The topological polar surface area (TPSA) is 81.8 Å². The van der Waals surface area contributed by atoms with E-state index in [-0.39, 0.29) is 12.0 Å². The molecule has 0 unspecified atom stereocenters. The monoisotopic (exact) mass is 527 g/mol. The van der Waals surface area contributed by atoms with Crippen LogP contribution in [0.4, 0.5) is 5.69 Å². The van der Waals surface area contributed by atoms with Gasteiger partial charge in [0.05, 0.1) is 12.4 Å². The molecule has 196 valence electrons. The first-order chi connectivity index (χ1) is 18.5. The van der Waals surface area contributed by atoms with Crippen LogP contribution in [0.2, 0.25) is 0 Å². The average Bonchev–Trinajstić information content (AvgIpc) is 2.97. The maximum atomic E-state index is 13.5. The van der Waals surface area contributed by atoms with Crippen molar-refractivity contribution < 1.29 is 19.4 Å². The summed E-state index contributed by atoms with van der Waals surface area (Å²) in [7, 11) is 1.61. The average molecular weight is 528 g/mol. The minimum Gasteiger partial charge on any atom is -0.497 e. The lowest BCUT2D eigenvalue weighted by atomic mass is 9.81. The molecule has 0 aromatic heterocycles. The van der Waals surface area contributed by atoms with Crippen LogP contribution in [0.25, 0.3) is 10.8 Å². The molecule has 6 heteroatoms. The minimum absolute atomic E-state index is 0.127. The molecule has 5 nitrogen and oxygen atoms in total. The zero-order chi connectivity index (χ0) is 26.5. The van der Waals surface area contributed by atoms with E-state index in [0.717, 1.165) is 46.9 Å². The Morgan fingerprint density at radius 3 is 2.39 bits per heavy atom. The molecule has 0 saturated heterocycles. The van der Waals surface area contributed by atoms with Crippen LogP contribution in [0.3, 0.4) is 0 Å². The van der Waals surface area contributed by atoms with E-state index in [4.69, 9.17) is 15.2 Å². The Hall–Kier alpha value is -3.48. The number of aliphatic hydroxyl groups is 1. The summed E-state index contributed by atoms with van der Waals surface area (Å²) in [6.45, 7) is 0. The molecule has 4 aromatic rings. The van der Waals surface area contributed by atoms with Crippen molar-refractivity contribution in [3.63, 3.8) is 0 Å². The van der Waals surface area contributed by atoms with E-state index in [0.29, 0.717) is 11.4 Å². The highest BCUT2D eigenvalue weighted by atomic mass is 32.2. The van der Waals surface area contributed by atoms with Gasteiger partial charge in [-0.2, -0.15) is 0 Å². The molecule has 0 heterocycles. The molecular formula is C32H33NO4S. The summed E-state index contributed by atoms with van der Waals surface area (Å²) in [5, 5.41) is 12.9. The van der Waals surface area contributed by atoms with Crippen molar-refractivity contribution in [3.05, 3.63) is 102 Å². The number of ether oxygens (including phenoxy) is 2. The molecule has 0 bridgehead atoms. The molecule has 38 heavy (non-hydrogen) atoms. The Balaban J connectivity index is 1.45. The highest BCUT2D eigenvalue weighted by molar-refractivity contribution is 8.00. The second kappa shape index (κ2) is 11.9. The van der Waals surface area contributed by atoms with Crippen molar-refractivity contribution >= 4 is 34.2 Å². The number of anilines is 1. The molecule has 0 aliphatic heterocycles. The predicted molar refractivity (Wildman–Crippen MR) is 153 cm³/mol. The molecule has 5 rings (SSSR count). The highest BCUT2D eigenvalue weighted by Crippen LogP contribution is 2.45. The number of rotatable bonds is 8. The van der Waals surface area contributed by atoms with Gasteiger partial charge in [0.2, 0.25) is 0 Å². The molecule has 0 amide bonds. The van der Waals surface area contributed by atoms with E-state index in [1.54, 1.807) is 7.11 Å². The number of hydrogen-bond donors (Lipinski definition) is 2. The van der Waals surface area contributed by atoms with Crippen molar-refractivity contribution in [3.8, 4) is 5.75 Å². The Bertz CT molecular complexity index is 1380. The lowest BCUT2D eigenvalue weighted by Gasteiger charge is -2.33. The predicted octanol–water partition coefficient (Wildman–Crippen LogP) is 6.89. The number of esters is 1. The number of nitrogens with two attached hydrogens (primary N) is 1. The Kier molecular flexibility index (Phi) is 8.20. The van der Waals surface area contributed by atoms with Gasteiger partial charge in [0.15, 0.2) is 6.10 Å². The van der Waals surface area contributed by atoms with Crippen molar-refractivity contribution in [1.29, 1.82) is 0 Å². The summed E-state index contributed by atoms with van der Waals surface area (Å²) < 4.78 is 11.4. The Labute approximate surface area is 228 Å². The minimum atomic E-state index is -1.38. The van der Waals surface area contributed by atoms with Gasteiger partial charge >= 0.3 is 5.97 Å². The normalized spacial score (nSPS) is 19.0. The van der Waals surface area contributed by atoms with Crippen molar-refractivity contribution in [2.45, 2.75) is 54.0 Å². The zero-order valence-corrected chi connectivity index (χ0v) is 22.3. The van der Waals surface area contributed by atoms with E-state index < -0.39 is 17.3 Å². The lowest BCUT2D eigenvalue weighted by Crippen LogP contribution is -2.35. The maximum absolute atomic E-state index is 13.5. The fourth-order valence-electron chi connectivity index (χ4n) is 5.29. The molecule has 0 spiro atoms. The first kappa shape index (κ1) is 26.1. The Morgan fingerprint density at radius 1 is 0.921 bits per heavy atom. The second-order valence-electron chi connectivity index (χ2n) is 9.74. The van der Waals surface area contributed by atoms with Crippen molar-refractivity contribution in [2.75, 3.05) is 12.8 Å². The summed E-state index contributed by atoms with van der Waals surface area (Å²) in [4.78, 5) is 14.4. The molecule has 4 atom stereocenters. The fraction of sp³-hybridized carbons (Fsp3) is 0.281. The summed E-state index contributed by atoms with van der Waals surface area (Å²) in [5.41, 5.74) is 8.99. The quantitative estimate of drug-likeness (QED) is 0.147. The van der Waals surface area contributed by atoms with Crippen molar-refractivity contribution in [2.24, 2.45) is 0 Å². The first-order valence-electron chi connectivity index (χ1n) is 13.1. The lowest BCUT2D eigenvalue weighted by molar-refractivity contribution is -0.161. The highest BCUT2D eigenvalue weighted by Gasteiger charge is 2.36. The SMILES string of the molecule is COc1ccc([C@H](Sc2c(N)ccc3ccccc23)[C@@H](O)C(=O)O[C@@H]2CCCC[C@H]2c2ccccc2)cc1. The maximum Gasteiger partial charge on any atom is 0.336 e. The van der Waals surface area contributed by atoms with E-state index in [2.05, 4.69) is 12.1 Å². The van der Waals surface area contributed by atoms with E-state index in [9.17, 15) is 9.90 Å². The van der Waals surface area contributed by atoms with Crippen LogP contribution in [-0.4, -0.2) is 30.4 Å². The van der Waals surface area contributed by atoms with Crippen LogP contribution in [0, 0.1) is 0 Å². The number of aliphatic hydroxyl groups excluding tert-OH is 1. The van der Waals surface area contributed by atoms with E-state index in [1.807, 2.05) is 78.9 Å². The first-order valence-corrected chi connectivity index (χ1v) is 13.9. The molecule has 1 saturated carbocycles. The third-order valence-corrected chi connectivity index (χ3v) is 8.80. The molecule has 1 aliphatic rings. The van der Waals surface area contributed by atoms with Crippen LogP contribution in [0.5, 0.6) is 5.75 Å². The molecule has 4 aromatic carbocycles. The second-order valence-corrected chi connectivity index (χ2v) is 10.9. The molecule has 1 aliphatic carbocycles. The van der Waals surface area contributed by atoms with Crippen LogP contribution >= 0.6 is 11.8 Å². The smallest absolute Gasteiger partial charge is 0.336 e. The van der Waals surface area contributed by atoms with Gasteiger partial charge in [-0.25, -0.2) is 4.79 Å². The van der Waals surface area contributed by atoms with Gasteiger partial charge in [0.1, 0.15) is 11.9 Å². The third kappa shape index (κ3) is 5.66. The number of hydrogen-bond acceptors (Lipinski definition) is 6. The number of benzene rings is 4. The summed E-state index contributed by atoms with van der Waals surface area (Å²) in [6, 6.07) is 29.5. The van der Waals surface area contributed by atoms with Gasteiger partial charge in [0.25, 0.3) is 0 Å². The van der Waals surface area contributed by atoms with Crippen LogP contribution in [0.1, 0.15) is 48.0 Å². The molecule has 0 radical (unpaired) electrons. The zero-order valence-electron chi connectivity index (χ0n) is 21.5. The molecule has 3 N–H and O–H groups in total. The van der Waals surface area contributed by atoms with Crippen molar-refractivity contribution in [1.82, 2.24) is 0 Å². The number of fused-ring (bicyclic) bond motifs is 1. The number of thioether (sulfide) groups is 1. The van der Waals surface area contributed by atoms with Gasteiger partial charge in [-0.3, -0.25) is 0 Å². The van der Waals surface area contributed by atoms with Gasteiger partial charge in [-0.1, -0.05) is 79.2 Å². The number of methoxy groups -OCH3 is 1. The summed E-state index contributed by atoms with van der Waals surface area (Å²) in [5.74, 6) is 0.221. The standard InChI is InChI=1S/C32H33NO4S/c1-36-24-18-15-23(16-19-24)30(38-31-26-13-6-5-11-22(26)17-20-27(31)33)29(34)32(35)37-28-14-8-7-12-25(28)21-9-3-2-4-10-21/h2-6,9-11,13,15-20,25,28-30,34H,7-8,12,14,33H2,1H3/t25-,28+,29+,30-/m0/s1. The van der Waals surface area contributed by atoms with Gasteiger partial charge in [-0.15, -0.1) is 11.8 Å². The summed E-state index contributed by atoms with van der Waals surface area (Å²) >= 11 is 1.39. The molecule has 1 fully saturated rings. The number of nitrogen functional groups attached to an aromatic ring is 1. The van der Waals surface area contributed by atoms with Crippen LogP contribution in [0.15, 0.2) is 95.9 Å². The number of carbonyl (C=O) groups excluding carboxylic acids is 1. The fourth-order valence-corrected chi connectivity index (χ4v) is 6.59. The van der Waals surface area contributed by atoms with Gasteiger partial charge in [-0.05, 0) is 59.4 Å². The molecular weight excluding hydrogens is 494 g/mol. The number of carbonyl (C=O) groups is 1. The Morgan fingerprint density at radius 2 is 1.63 bits per heavy atom. The van der Waals surface area contributed by atoms with Gasteiger partial charge in [0, 0.05) is 16.5 Å². The van der Waals surface area contributed by atoms with Crippen LogP contribution < -0.4 is 10.5 Å². The van der Waals surface area contributed by atoms with Crippen LogP contribution in [-0.2, 0) is 9.53 Å². The summed E-state index contributed by atoms with van der Waals surface area (Å²) in [6.07, 6.45) is 2.19. The van der Waals surface area contributed by atoms with E-state index in [1.165, 1.54) is 17.3 Å². The largest absolute Gasteiger partial charge is 0.497 e.